The van der Waals surface area contributed by atoms with Crippen molar-refractivity contribution in [3.8, 4) is 5.75 Å². The van der Waals surface area contributed by atoms with E-state index in [2.05, 4.69) is 26.1 Å². The van der Waals surface area contributed by atoms with Crippen LogP contribution in [-0.2, 0) is 0 Å². The fourth-order valence-electron chi connectivity index (χ4n) is 2.14. The highest BCUT2D eigenvalue weighted by Crippen LogP contribution is 2.21. The zero-order chi connectivity index (χ0) is 13.7. The summed E-state index contributed by atoms with van der Waals surface area (Å²) in [4.78, 5) is 2.26. The van der Waals surface area contributed by atoms with Crippen molar-refractivity contribution in [1.29, 1.82) is 0 Å². The van der Waals surface area contributed by atoms with E-state index in [1.54, 1.807) is 0 Å². The average molecular weight is 329 g/mol. The summed E-state index contributed by atoms with van der Waals surface area (Å²) >= 11 is 3.46. The minimum absolute atomic E-state index is 0.338. The van der Waals surface area contributed by atoms with Gasteiger partial charge in [0.1, 0.15) is 18.5 Å². The van der Waals surface area contributed by atoms with Gasteiger partial charge in [-0.1, -0.05) is 15.9 Å². The molecule has 0 amide bonds. The average Bonchev–Trinajstić information content (AvgIpc) is 2.41. The lowest BCUT2D eigenvalue weighted by atomic mass is 10.2. The first-order valence-electron chi connectivity index (χ1n) is 6.65. The quantitative estimate of drug-likeness (QED) is 0.857. The molecule has 1 aromatic carbocycles. The van der Waals surface area contributed by atoms with Gasteiger partial charge in [-0.3, -0.25) is 4.90 Å². The standard InChI is InChI=1S/C14H21BrN2O2/c1-11-8-13(2-3-14(11)15)19-10-12(18)9-17-6-4-16-5-7-17/h2-3,8,12,16,18H,4-7,9-10H2,1H3. The Labute approximate surface area is 122 Å². The highest BCUT2D eigenvalue weighted by Gasteiger charge is 2.14. The Bertz CT molecular complexity index is 408. The Morgan fingerprint density at radius 1 is 1.42 bits per heavy atom. The summed E-state index contributed by atoms with van der Waals surface area (Å²) in [6, 6.07) is 5.85. The maximum atomic E-state index is 9.99. The molecule has 1 fully saturated rings. The lowest BCUT2D eigenvalue weighted by Gasteiger charge is -2.29. The number of β-amino-alcohol motifs (C(OH)–C–C–N with tert-alkyl or cyclic N) is 1. The van der Waals surface area contributed by atoms with Crippen molar-refractivity contribution in [1.82, 2.24) is 10.2 Å². The lowest BCUT2D eigenvalue weighted by molar-refractivity contribution is 0.0641. The lowest BCUT2D eigenvalue weighted by Crippen LogP contribution is -2.47. The first kappa shape index (κ1) is 14.8. The number of hydrogen-bond donors (Lipinski definition) is 2. The molecule has 0 aliphatic carbocycles. The second-order valence-electron chi connectivity index (χ2n) is 4.93. The van der Waals surface area contributed by atoms with Crippen LogP contribution in [0, 0.1) is 6.92 Å². The summed E-state index contributed by atoms with van der Waals surface area (Å²) in [7, 11) is 0. The van der Waals surface area contributed by atoms with Gasteiger partial charge in [0, 0.05) is 37.2 Å². The maximum Gasteiger partial charge on any atom is 0.119 e. The zero-order valence-corrected chi connectivity index (χ0v) is 12.8. The van der Waals surface area contributed by atoms with Crippen molar-refractivity contribution in [2.24, 2.45) is 0 Å². The van der Waals surface area contributed by atoms with Crippen LogP contribution in [0.1, 0.15) is 5.56 Å². The highest BCUT2D eigenvalue weighted by molar-refractivity contribution is 9.10. The molecule has 4 nitrogen and oxygen atoms in total. The second-order valence-corrected chi connectivity index (χ2v) is 5.78. The third-order valence-electron chi connectivity index (χ3n) is 3.25. The SMILES string of the molecule is Cc1cc(OCC(O)CN2CCNCC2)ccc1Br. The van der Waals surface area contributed by atoms with E-state index >= 15 is 0 Å². The van der Waals surface area contributed by atoms with Crippen LogP contribution in [0.3, 0.4) is 0 Å². The molecule has 2 N–H and O–H groups in total. The third kappa shape index (κ3) is 4.76. The van der Waals surface area contributed by atoms with Gasteiger partial charge in [-0.2, -0.15) is 0 Å². The number of nitrogens with zero attached hydrogens (tertiary/aromatic N) is 1. The van der Waals surface area contributed by atoms with Crippen LogP contribution in [0.25, 0.3) is 0 Å². The minimum atomic E-state index is -0.443. The Balaban J connectivity index is 1.75. The first-order chi connectivity index (χ1) is 9.15. The van der Waals surface area contributed by atoms with Crippen LogP contribution in [-0.4, -0.2) is 55.4 Å². The molecule has 0 radical (unpaired) electrons. The molecule has 1 heterocycles. The van der Waals surface area contributed by atoms with Crippen LogP contribution >= 0.6 is 15.9 Å². The molecular formula is C14H21BrN2O2. The predicted molar refractivity (Wildman–Crippen MR) is 79.7 cm³/mol. The fourth-order valence-corrected chi connectivity index (χ4v) is 2.39. The number of halogens is 1. The molecule has 1 unspecified atom stereocenters. The van der Waals surface area contributed by atoms with E-state index in [0.717, 1.165) is 42.0 Å². The zero-order valence-electron chi connectivity index (χ0n) is 11.2. The molecule has 0 spiro atoms. The number of hydrogen-bond acceptors (Lipinski definition) is 4. The van der Waals surface area contributed by atoms with Crippen LogP contribution in [0.5, 0.6) is 5.75 Å². The molecule has 1 aliphatic heterocycles. The van der Waals surface area contributed by atoms with Crippen molar-refractivity contribution in [2.75, 3.05) is 39.3 Å². The van der Waals surface area contributed by atoms with Gasteiger partial charge >= 0.3 is 0 Å². The number of aryl methyl sites for hydroxylation is 1. The maximum absolute atomic E-state index is 9.99. The van der Waals surface area contributed by atoms with E-state index in [1.807, 2.05) is 25.1 Å². The number of ether oxygens (including phenoxy) is 1. The monoisotopic (exact) mass is 328 g/mol. The topological polar surface area (TPSA) is 44.7 Å². The van der Waals surface area contributed by atoms with Crippen molar-refractivity contribution >= 4 is 15.9 Å². The Morgan fingerprint density at radius 3 is 2.84 bits per heavy atom. The van der Waals surface area contributed by atoms with E-state index < -0.39 is 6.10 Å². The fraction of sp³-hybridized carbons (Fsp3) is 0.571. The molecule has 1 aromatic rings. The number of aliphatic hydroxyl groups excluding tert-OH is 1. The summed E-state index contributed by atoms with van der Waals surface area (Å²) < 4.78 is 6.70. The molecule has 0 saturated carbocycles. The van der Waals surface area contributed by atoms with E-state index in [-0.39, 0.29) is 0 Å². The molecule has 1 aliphatic rings. The van der Waals surface area contributed by atoms with Gasteiger partial charge in [-0.15, -0.1) is 0 Å². The van der Waals surface area contributed by atoms with E-state index in [1.165, 1.54) is 0 Å². The van der Waals surface area contributed by atoms with Gasteiger partial charge in [0.25, 0.3) is 0 Å². The summed E-state index contributed by atoms with van der Waals surface area (Å²) in [5.41, 5.74) is 1.13. The summed E-state index contributed by atoms with van der Waals surface area (Å²) in [5.74, 6) is 0.806. The second kappa shape index (κ2) is 7.24. The van der Waals surface area contributed by atoms with E-state index in [0.29, 0.717) is 13.2 Å². The molecule has 19 heavy (non-hydrogen) atoms. The number of piperazine rings is 1. The Kier molecular flexibility index (Phi) is 5.63. The number of nitrogens with one attached hydrogen (secondary N) is 1. The summed E-state index contributed by atoms with van der Waals surface area (Å²) in [5, 5.41) is 13.3. The molecule has 1 atom stereocenters. The molecule has 5 heteroatoms. The Hall–Kier alpha value is -0.620. The van der Waals surface area contributed by atoms with Crippen LogP contribution in [0.15, 0.2) is 22.7 Å². The molecular weight excluding hydrogens is 308 g/mol. The number of benzene rings is 1. The van der Waals surface area contributed by atoms with Gasteiger partial charge in [-0.05, 0) is 30.7 Å². The molecule has 106 valence electrons. The summed E-state index contributed by atoms with van der Waals surface area (Å²) in [6.45, 7) is 7.03. The first-order valence-corrected chi connectivity index (χ1v) is 7.44. The summed E-state index contributed by atoms with van der Waals surface area (Å²) in [6.07, 6.45) is -0.443. The van der Waals surface area contributed by atoms with Crippen molar-refractivity contribution < 1.29 is 9.84 Å². The minimum Gasteiger partial charge on any atom is -0.491 e. The van der Waals surface area contributed by atoms with Gasteiger partial charge < -0.3 is 15.2 Å². The van der Waals surface area contributed by atoms with Crippen molar-refractivity contribution in [3.05, 3.63) is 28.2 Å². The van der Waals surface area contributed by atoms with Gasteiger partial charge in [0.15, 0.2) is 0 Å². The van der Waals surface area contributed by atoms with Crippen molar-refractivity contribution in [3.63, 3.8) is 0 Å². The van der Waals surface area contributed by atoms with Crippen LogP contribution < -0.4 is 10.1 Å². The normalized spacial score (nSPS) is 18.3. The number of aliphatic hydroxyl groups is 1. The smallest absolute Gasteiger partial charge is 0.119 e. The van der Waals surface area contributed by atoms with Crippen molar-refractivity contribution in [2.45, 2.75) is 13.0 Å². The van der Waals surface area contributed by atoms with E-state index in [4.69, 9.17) is 4.74 Å². The number of rotatable bonds is 5. The third-order valence-corrected chi connectivity index (χ3v) is 4.14. The van der Waals surface area contributed by atoms with Gasteiger partial charge in [0.05, 0.1) is 0 Å². The highest BCUT2D eigenvalue weighted by atomic mass is 79.9. The van der Waals surface area contributed by atoms with Gasteiger partial charge in [0.2, 0.25) is 0 Å². The predicted octanol–water partition coefficient (Wildman–Crippen LogP) is 1.40. The van der Waals surface area contributed by atoms with E-state index in [9.17, 15) is 5.11 Å². The Morgan fingerprint density at radius 2 is 2.16 bits per heavy atom. The largest absolute Gasteiger partial charge is 0.491 e. The van der Waals surface area contributed by atoms with Gasteiger partial charge in [-0.25, -0.2) is 0 Å². The van der Waals surface area contributed by atoms with Crippen LogP contribution in [0.2, 0.25) is 0 Å². The molecule has 0 aromatic heterocycles. The van der Waals surface area contributed by atoms with Crippen LogP contribution in [0.4, 0.5) is 0 Å². The molecule has 2 rings (SSSR count). The molecule has 0 bridgehead atoms. The molecule has 1 saturated heterocycles.